The van der Waals surface area contributed by atoms with Gasteiger partial charge in [-0.25, -0.2) is 0 Å². The summed E-state index contributed by atoms with van der Waals surface area (Å²) in [5, 5.41) is 10.9. The molecule has 0 aromatic heterocycles. The van der Waals surface area contributed by atoms with Crippen molar-refractivity contribution in [2.45, 2.75) is 88.1 Å². The third-order valence-corrected chi connectivity index (χ3v) is 11.4. The van der Waals surface area contributed by atoms with Gasteiger partial charge < -0.3 is 24.5 Å². The molecule has 3 saturated heterocycles. The van der Waals surface area contributed by atoms with E-state index in [1.54, 1.807) is 22.0 Å². The second-order valence-corrected chi connectivity index (χ2v) is 14.1. The SMILES string of the molecule is C=CCN(C(=O)[C@@H]1[C@H]2C(=O)N([C@@H](CO)Cc3ccccc3)C(C(=O)N(CC=C)C3CCCCC3)C23CC(C)[C@@]1(C)O3)c1ccccc1. The molecule has 1 saturated carbocycles. The maximum absolute atomic E-state index is 15.1. The Morgan fingerprint density at radius 2 is 1.64 bits per heavy atom. The van der Waals surface area contributed by atoms with Gasteiger partial charge in [0.15, 0.2) is 0 Å². The van der Waals surface area contributed by atoms with Crippen LogP contribution in [0.25, 0.3) is 0 Å². The number of amides is 3. The van der Waals surface area contributed by atoms with Crippen LogP contribution in [-0.4, -0.2) is 81.7 Å². The number of carbonyl (C=O) groups excluding carboxylic acids is 3. The normalized spacial score (nSPS) is 30.5. The van der Waals surface area contributed by atoms with Gasteiger partial charge in [0.25, 0.3) is 0 Å². The lowest BCUT2D eigenvalue weighted by Gasteiger charge is -2.42. The molecule has 4 aliphatic rings. The molecular weight excluding hydrogens is 590 g/mol. The van der Waals surface area contributed by atoms with Gasteiger partial charge in [-0.05, 0) is 56.2 Å². The van der Waals surface area contributed by atoms with Crippen molar-refractivity contribution in [3.05, 3.63) is 91.5 Å². The number of anilines is 1. The van der Waals surface area contributed by atoms with Crippen molar-refractivity contribution in [1.29, 1.82) is 0 Å². The van der Waals surface area contributed by atoms with Gasteiger partial charge in [-0.3, -0.25) is 14.4 Å². The van der Waals surface area contributed by atoms with E-state index < -0.39 is 35.1 Å². The van der Waals surface area contributed by atoms with E-state index in [1.807, 2.05) is 72.5 Å². The molecule has 8 nitrogen and oxygen atoms in total. The van der Waals surface area contributed by atoms with Crippen LogP contribution >= 0.6 is 0 Å². The van der Waals surface area contributed by atoms with Gasteiger partial charge in [0.1, 0.15) is 11.6 Å². The summed E-state index contributed by atoms with van der Waals surface area (Å²) in [5.74, 6) is -2.46. The van der Waals surface area contributed by atoms with Gasteiger partial charge in [-0.2, -0.15) is 0 Å². The van der Waals surface area contributed by atoms with E-state index in [0.29, 0.717) is 25.1 Å². The van der Waals surface area contributed by atoms with Crippen molar-refractivity contribution in [3.8, 4) is 0 Å². The summed E-state index contributed by atoms with van der Waals surface area (Å²) < 4.78 is 7.09. The molecule has 3 aliphatic heterocycles. The molecule has 2 aromatic rings. The lowest BCUT2D eigenvalue weighted by atomic mass is 9.62. The van der Waals surface area contributed by atoms with Crippen LogP contribution in [-0.2, 0) is 25.5 Å². The second-order valence-electron chi connectivity index (χ2n) is 14.1. The Hall–Kier alpha value is -3.75. The first kappa shape index (κ1) is 33.2. The molecule has 3 amide bonds. The minimum absolute atomic E-state index is 0.0357. The Labute approximate surface area is 279 Å². The number of hydrogen-bond acceptors (Lipinski definition) is 5. The van der Waals surface area contributed by atoms with Crippen molar-refractivity contribution in [2.75, 3.05) is 24.6 Å². The number of fused-ring (bicyclic) bond motifs is 1. The highest BCUT2D eigenvalue weighted by Gasteiger charge is 2.80. The molecule has 4 fully saturated rings. The maximum Gasteiger partial charge on any atom is 0.248 e. The number of likely N-dealkylation sites (tertiary alicyclic amines) is 1. The molecule has 7 atom stereocenters. The number of carbonyl (C=O) groups is 3. The van der Waals surface area contributed by atoms with Crippen molar-refractivity contribution < 1.29 is 24.2 Å². The largest absolute Gasteiger partial charge is 0.394 e. The lowest BCUT2D eigenvalue weighted by molar-refractivity contribution is -0.157. The molecular formula is C39H49N3O5. The van der Waals surface area contributed by atoms with Crippen LogP contribution in [0.5, 0.6) is 0 Å². The zero-order valence-corrected chi connectivity index (χ0v) is 27.8. The first-order chi connectivity index (χ1) is 22.7. The maximum atomic E-state index is 15.1. The fourth-order valence-corrected chi connectivity index (χ4v) is 9.20. The Balaban J connectivity index is 1.47. The fourth-order valence-electron chi connectivity index (χ4n) is 9.20. The molecule has 3 unspecified atom stereocenters. The van der Waals surface area contributed by atoms with Gasteiger partial charge in [0.2, 0.25) is 17.7 Å². The number of hydrogen-bond donors (Lipinski definition) is 1. The molecule has 0 radical (unpaired) electrons. The van der Waals surface area contributed by atoms with Crippen LogP contribution in [0.4, 0.5) is 5.69 Å². The van der Waals surface area contributed by atoms with Crippen molar-refractivity contribution in [3.63, 3.8) is 0 Å². The Morgan fingerprint density at radius 1 is 1.00 bits per heavy atom. The second kappa shape index (κ2) is 13.4. The van der Waals surface area contributed by atoms with E-state index >= 15 is 9.59 Å². The van der Waals surface area contributed by atoms with Gasteiger partial charge in [0, 0.05) is 24.8 Å². The Morgan fingerprint density at radius 3 is 2.26 bits per heavy atom. The summed E-state index contributed by atoms with van der Waals surface area (Å²) in [6.45, 7) is 12.2. The summed E-state index contributed by atoms with van der Waals surface area (Å²) in [6, 6.07) is 17.5. The number of aliphatic hydroxyl groups is 1. The smallest absolute Gasteiger partial charge is 0.248 e. The molecule has 1 N–H and O–H groups in total. The number of benzene rings is 2. The van der Waals surface area contributed by atoms with E-state index in [9.17, 15) is 9.90 Å². The highest BCUT2D eigenvalue weighted by atomic mass is 16.5. The number of aliphatic hydroxyl groups excluding tert-OH is 1. The van der Waals surface area contributed by atoms with Crippen molar-refractivity contribution >= 4 is 23.4 Å². The van der Waals surface area contributed by atoms with Crippen molar-refractivity contribution in [1.82, 2.24) is 9.80 Å². The summed E-state index contributed by atoms with van der Waals surface area (Å²) in [5.41, 5.74) is -0.502. The predicted octanol–water partition coefficient (Wildman–Crippen LogP) is 5.17. The predicted molar refractivity (Wildman–Crippen MR) is 182 cm³/mol. The van der Waals surface area contributed by atoms with Gasteiger partial charge >= 0.3 is 0 Å². The first-order valence-corrected chi connectivity index (χ1v) is 17.3. The summed E-state index contributed by atoms with van der Waals surface area (Å²) in [7, 11) is 0. The molecule has 47 heavy (non-hydrogen) atoms. The van der Waals surface area contributed by atoms with Crippen LogP contribution in [0.3, 0.4) is 0 Å². The highest BCUT2D eigenvalue weighted by Crippen LogP contribution is 2.66. The number of rotatable bonds is 12. The third kappa shape index (κ3) is 5.53. The quantitative estimate of drug-likeness (QED) is 0.324. The van der Waals surface area contributed by atoms with Crippen molar-refractivity contribution in [2.24, 2.45) is 17.8 Å². The molecule has 250 valence electrons. The number of para-hydroxylation sites is 1. The Bertz CT molecular complexity index is 1480. The van der Waals surface area contributed by atoms with E-state index in [4.69, 9.17) is 4.74 Å². The molecule has 3 heterocycles. The van der Waals surface area contributed by atoms with Crippen LogP contribution in [0.2, 0.25) is 0 Å². The first-order valence-electron chi connectivity index (χ1n) is 17.3. The minimum Gasteiger partial charge on any atom is -0.394 e. The lowest BCUT2D eigenvalue weighted by Crippen LogP contribution is -2.60. The zero-order chi connectivity index (χ0) is 33.3. The van der Waals surface area contributed by atoms with Crippen LogP contribution < -0.4 is 4.90 Å². The average Bonchev–Trinajstić information content (AvgIpc) is 3.61. The minimum atomic E-state index is -1.21. The number of nitrogens with zero attached hydrogens (tertiary/aromatic N) is 3. The monoisotopic (exact) mass is 639 g/mol. The molecule has 1 spiro atoms. The van der Waals surface area contributed by atoms with Gasteiger partial charge in [-0.1, -0.05) is 86.9 Å². The topological polar surface area (TPSA) is 90.4 Å². The molecule has 2 bridgehead atoms. The molecule has 6 rings (SSSR count). The van der Waals surface area contributed by atoms with Gasteiger partial charge in [0.05, 0.1) is 30.1 Å². The van der Waals surface area contributed by atoms with Crippen LogP contribution in [0.1, 0.15) is 57.9 Å². The zero-order valence-electron chi connectivity index (χ0n) is 27.8. The van der Waals surface area contributed by atoms with E-state index in [-0.39, 0.29) is 42.8 Å². The summed E-state index contributed by atoms with van der Waals surface area (Å²) in [4.78, 5) is 50.2. The van der Waals surface area contributed by atoms with E-state index in [2.05, 4.69) is 20.1 Å². The van der Waals surface area contributed by atoms with Gasteiger partial charge in [-0.15, -0.1) is 13.2 Å². The number of ether oxygens (including phenoxy) is 1. The van der Waals surface area contributed by atoms with Crippen LogP contribution in [0, 0.1) is 17.8 Å². The summed E-state index contributed by atoms with van der Waals surface area (Å²) >= 11 is 0. The Kier molecular flexibility index (Phi) is 9.45. The average molecular weight is 640 g/mol. The summed E-state index contributed by atoms with van der Waals surface area (Å²) in [6.07, 6.45) is 9.31. The van der Waals surface area contributed by atoms with Crippen LogP contribution in [0.15, 0.2) is 86.0 Å². The third-order valence-electron chi connectivity index (χ3n) is 11.4. The molecule has 2 aromatic carbocycles. The molecule has 8 heteroatoms. The highest BCUT2D eigenvalue weighted by molar-refractivity contribution is 6.03. The fraction of sp³-hybridized carbons (Fsp3) is 0.513. The van der Waals surface area contributed by atoms with E-state index in [1.165, 1.54) is 0 Å². The molecule has 1 aliphatic carbocycles. The standard InChI is InChI=1S/C39H49N3O5/c1-5-22-40(29-18-12-8-13-19-29)35(44)32-33-36(45)42(31(26-43)24-28-16-10-7-11-17-28)34(39(33)25-27(3)38(32,4)47-39)37(46)41(23-6-2)30-20-14-9-15-21-30/h5-8,10-13,16-19,27,30-34,43H,1-2,9,14-15,20-26H2,3-4H3/t27?,31-,32+,33+,34?,38-,39?/m1/s1. The van der Waals surface area contributed by atoms with E-state index in [0.717, 1.165) is 37.7 Å².